The first-order valence-corrected chi connectivity index (χ1v) is 8.28. The maximum absolute atomic E-state index is 12.2. The van der Waals surface area contributed by atoms with Crippen LogP contribution in [0.3, 0.4) is 0 Å². The zero-order valence-corrected chi connectivity index (χ0v) is 14.1. The summed E-state index contributed by atoms with van der Waals surface area (Å²) in [5.74, 6) is 0.382. The highest BCUT2D eigenvalue weighted by Gasteiger charge is 2.22. The lowest BCUT2D eigenvalue weighted by Gasteiger charge is -2.16. The van der Waals surface area contributed by atoms with Crippen LogP contribution in [-0.2, 0) is 11.3 Å². The second-order valence-electron chi connectivity index (χ2n) is 5.70. The summed E-state index contributed by atoms with van der Waals surface area (Å²) < 4.78 is 5.26. The quantitative estimate of drug-likeness (QED) is 0.868. The van der Waals surface area contributed by atoms with E-state index in [1.54, 1.807) is 29.4 Å². The average Bonchev–Trinajstić information content (AvgIpc) is 3.07. The van der Waals surface area contributed by atoms with Crippen LogP contribution in [0.1, 0.15) is 35.7 Å². The zero-order chi connectivity index (χ0) is 17.6. The summed E-state index contributed by atoms with van der Waals surface area (Å²) in [7, 11) is 0. The lowest BCUT2D eigenvalue weighted by Crippen LogP contribution is -2.25. The molecule has 1 aliphatic rings. The van der Waals surface area contributed by atoms with Gasteiger partial charge in [-0.25, -0.2) is 4.98 Å². The van der Waals surface area contributed by atoms with Gasteiger partial charge < -0.3 is 15.0 Å². The first-order valence-electron chi connectivity index (χ1n) is 8.28. The summed E-state index contributed by atoms with van der Waals surface area (Å²) in [5, 5.41) is 2.83. The summed E-state index contributed by atoms with van der Waals surface area (Å²) in [6.07, 6.45) is 6.28. The molecule has 0 saturated carbocycles. The summed E-state index contributed by atoms with van der Waals surface area (Å²) in [6, 6.07) is 5.22. The van der Waals surface area contributed by atoms with Crippen molar-refractivity contribution in [3.63, 3.8) is 0 Å². The van der Waals surface area contributed by atoms with Crippen molar-refractivity contribution >= 4 is 17.5 Å². The van der Waals surface area contributed by atoms with Gasteiger partial charge in [0.1, 0.15) is 0 Å². The van der Waals surface area contributed by atoms with E-state index in [0.717, 1.165) is 17.7 Å². The Morgan fingerprint density at radius 1 is 1.32 bits per heavy atom. The number of anilines is 1. The highest BCUT2D eigenvalue weighted by molar-refractivity contribution is 5.95. The molecule has 25 heavy (non-hydrogen) atoms. The fourth-order valence-corrected chi connectivity index (χ4v) is 2.67. The number of amides is 2. The number of carbonyl (C=O) groups excluding carboxylic acids is 2. The Kier molecular flexibility index (Phi) is 5.23. The van der Waals surface area contributed by atoms with Gasteiger partial charge >= 0.3 is 0 Å². The molecule has 1 saturated heterocycles. The molecule has 7 heteroatoms. The molecule has 130 valence electrons. The van der Waals surface area contributed by atoms with E-state index in [0.29, 0.717) is 37.6 Å². The van der Waals surface area contributed by atoms with E-state index in [1.807, 2.05) is 13.0 Å². The van der Waals surface area contributed by atoms with Crippen molar-refractivity contribution in [3.8, 4) is 5.88 Å². The van der Waals surface area contributed by atoms with Gasteiger partial charge in [-0.15, -0.1) is 0 Å². The van der Waals surface area contributed by atoms with Gasteiger partial charge in [0.15, 0.2) is 0 Å². The summed E-state index contributed by atoms with van der Waals surface area (Å²) in [4.78, 5) is 34.0. The zero-order valence-electron chi connectivity index (χ0n) is 14.1. The molecule has 3 rings (SSSR count). The standard InChI is InChI=1S/C18H20N4O3/c1-2-25-16-6-5-14(11-20-16)18(24)21-10-13-8-15(12-19-9-13)22-7-3-4-17(22)23/h5-6,8-9,11-12H,2-4,7,10H2,1H3,(H,21,24). The van der Waals surface area contributed by atoms with Gasteiger partial charge in [0.2, 0.25) is 11.8 Å². The van der Waals surface area contributed by atoms with E-state index < -0.39 is 0 Å². The second-order valence-corrected chi connectivity index (χ2v) is 5.70. The van der Waals surface area contributed by atoms with Crippen molar-refractivity contribution < 1.29 is 14.3 Å². The van der Waals surface area contributed by atoms with Gasteiger partial charge in [0.25, 0.3) is 5.91 Å². The van der Waals surface area contributed by atoms with Crippen molar-refractivity contribution in [1.82, 2.24) is 15.3 Å². The lowest BCUT2D eigenvalue weighted by molar-refractivity contribution is -0.117. The minimum Gasteiger partial charge on any atom is -0.478 e. The molecule has 2 amide bonds. The Hall–Kier alpha value is -2.96. The highest BCUT2D eigenvalue weighted by Crippen LogP contribution is 2.21. The molecule has 0 aliphatic carbocycles. The van der Waals surface area contributed by atoms with Gasteiger partial charge in [-0.1, -0.05) is 0 Å². The second kappa shape index (κ2) is 7.74. The van der Waals surface area contributed by atoms with Crippen LogP contribution in [0.2, 0.25) is 0 Å². The van der Waals surface area contributed by atoms with Crippen molar-refractivity contribution in [1.29, 1.82) is 0 Å². The molecule has 2 aromatic heterocycles. The molecule has 0 aromatic carbocycles. The number of pyridine rings is 2. The van der Waals surface area contributed by atoms with Crippen molar-refractivity contribution in [2.45, 2.75) is 26.3 Å². The van der Waals surface area contributed by atoms with Gasteiger partial charge in [-0.3, -0.25) is 14.6 Å². The Balaban J connectivity index is 1.61. The van der Waals surface area contributed by atoms with E-state index in [9.17, 15) is 9.59 Å². The van der Waals surface area contributed by atoms with Crippen molar-refractivity contribution in [3.05, 3.63) is 47.9 Å². The molecule has 2 aromatic rings. The fourth-order valence-electron chi connectivity index (χ4n) is 2.67. The smallest absolute Gasteiger partial charge is 0.253 e. The van der Waals surface area contributed by atoms with E-state index in [2.05, 4.69) is 15.3 Å². The van der Waals surface area contributed by atoms with Gasteiger partial charge in [-0.05, 0) is 31.0 Å². The van der Waals surface area contributed by atoms with Crippen LogP contribution in [0.4, 0.5) is 5.69 Å². The van der Waals surface area contributed by atoms with Crippen LogP contribution >= 0.6 is 0 Å². The van der Waals surface area contributed by atoms with Crippen LogP contribution in [-0.4, -0.2) is 34.9 Å². The van der Waals surface area contributed by atoms with E-state index in [4.69, 9.17) is 4.74 Å². The molecule has 7 nitrogen and oxygen atoms in total. The van der Waals surface area contributed by atoms with Crippen LogP contribution in [0.25, 0.3) is 0 Å². The van der Waals surface area contributed by atoms with E-state index in [1.165, 1.54) is 6.20 Å². The lowest BCUT2D eigenvalue weighted by atomic mass is 10.2. The predicted octanol–water partition coefficient (Wildman–Crippen LogP) is 1.93. The van der Waals surface area contributed by atoms with Crippen molar-refractivity contribution in [2.24, 2.45) is 0 Å². The third kappa shape index (κ3) is 4.12. The molecule has 1 N–H and O–H groups in total. The number of carbonyl (C=O) groups is 2. The molecule has 0 unspecified atom stereocenters. The average molecular weight is 340 g/mol. The molecule has 0 bridgehead atoms. The number of nitrogens with zero attached hydrogens (tertiary/aromatic N) is 3. The number of aromatic nitrogens is 2. The molecule has 3 heterocycles. The number of nitrogens with one attached hydrogen (secondary N) is 1. The topological polar surface area (TPSA) is 84.4 Å². The Labute approximate surface area is 146 Å². The number of hydrogen-bond acceptors (Lipinski definition) is 5. The fraction of sp³-hybridized carbons (Fsp3) is 0.333. The predicted molar refractivity (Wildman–Crippen MR) is 92.4 cm³/mol. The molecule has 1 aliphatic heterocycles. The van der Waals surface area contributed by atoms with Crippen LogP contribution in [0.5, 0.6) is 5.88 Å². The summed E-state index contributed by atoms with van der Waals surface area (Å²) in [6.45, 7) is 3.45. The molecular weight excluding hydrogens is 320 g/mol. The number of ether oxygens (including phenoxy) is 1. The Morgan fingerprint density at radius 2 is 2.20 bits per heavy atom. The normalized spacial score (nSPS) is 13.8. The van der Waals surface area contributed by atoms with Crippen LogP contribution < -0.4 is 15.0 Å². The molecular formula is C18H20N4O3. The highest BCUT2D eigenvalue weighted by atomic mass is 16.5. The largest absolute Gasteiger partial charge is 0.478 e. The first kappa shape index (κ1) is 16.9. The minimum atomic E-state index is -0.224. The Morgan fingerprint density at radius 3 is 2.88 bits per heavy atom. The van der Waals surface area contributed by atoms with Gasteiger partial charge in [0.05, 0.1) is 24.1 Å². The van der Waals surface area contributed by atoms with Gasteiger partial charge in [0, 0.05) is 38.0 Å². The molecule has 0 atom stereocenters. The van der Waals surface area contributed by atoms with Crippen LogP contribution in [0, 0.1) is 0 Å². The monoisotopic (exact) mass is 340 g/mol. The maximum atomic E-state index is 12.2. The van der Waals surface area contributed by atoms with Crippen LogP contribution in [0.15, 0.2) is 36.8 Å². The van der Waals surface area contributed by atoms with Gasteiger partial charge in [-0.2, -0.15) is 0 Å². The molecule has 0 radical (unpaired) electrons. The number of hydrogen-bond donors (Lipinski definition) is 1. The summed E-state index contributed by atoms with van der Waals surface area (Å²) in [5.41, 5.74) is 2.07. The Bertz CT molecular complexity index is 761. The number of rotatable bonds is 6. The third-order valence-corrected chi connectivity index (χ3v) is 3.91. The maximum Gasteiger partial charge on any atom is 0.253 e. The minimum absolute atomic E-state index is 0.114. The molecule has 1 fully saturated rings. The third-order valence-electron chi connectivity index (χ3n) is 3.91. The summed E-state index contributed by atoms with van der Waals surface area (Å²) >= 11 is 0. The SMILES string of the molecule is CCOc1ccc(C(=O)NCc2cncc(N3CCCC3=O)c2)cn1. The molecule has 0 spiro atoms. The van der Waals surface area contributed by atoms with E-state index >= 15 is 0 Å². The first-order chi connectivity index (χ1) is 12.2. The van der Waals surface area contributed by atoms with E-state index in [-0.39, 0.29) is 11.8 Å². The van der Waals surface area contributed by atoms with Crippen molar-refractivity contribution in [2.75, 3.05) is 18.1 Å².